The molecule has 0 amide bonds. The summed E-state index contributed by atoms with van der Waals surface area (Å²) < 4.78 is 21.2. The van der Waals surface area contributed by atoms with Gasteiger partial charge in [-0.25, -0.2) is 23.3 Å². The second kappa shape index (κ2) is 10.2. The van der Waals surface area contributed by atoms with Crippen LogP contribution in [0.25, 0.3) is 17.0 Å². The third kappa shape index (κ3) is 5.26. The van der Waals surface area contributed by atoms with Gasteiger partial charge in [-0.1, -0.05) is 19.9 Å². The van der Waals surface area contributed by atoms with E-state index in [2.05, 4.69) is 27.8 Å². The quantitative estimate of drug-likeness (QED) is 0.679. The Morgan fingerprint density at radius 2 is 1.93 bits per heavy atom. The number of imidazole rings is 1. The highest BCUT2D eigenvalue weighted by Gasteiger charge is 2.25. The molecule has 29 heavy (non-hydrogen) atoms. The minimum absolute atomic E-state index is 0.453. The molecule has 156 valence electrons. The highest BCUT2D eigenvalue weighted by Crippen LogP contribution is 2.39. The van der Waals surface area contributed by atoms with E-state index in [1.165, 1.54) is 12.8 Å². The van der Waals surface area contributed by atoms with Crippen molar-refractivity contribution in [2.24, 2.45) is 0 Å². The molecule has 1 aliphatic carbocycles. The molecule has 6 nitrogen and oxygen atoms in total. The normalized spacial score (nSPS) is 17.9. The number of nitrogens with one attached hydrogen (secondary N) is 2. The number of rotatable bonds is 4. The number of hydrogen-bond donors (Lipinski definition) is 2. The zero-order valence-electron chi connectivity index (χ0n) is 16.9. The highest BCUT2D eigenvalue weighted by atomic mass is 19.3. The highest BCUT2D eigenvalue weighted by molar-refractivity contribution is 5.61. The SMILES string of the molecule is CC.FCF.c1cc(NC2CCNC2)nc(-c2cnc3ccc(C4CC4)nn23)c1. The van der Waals surface area contributed by atoms with Gasteiger partial charge in [-0.2, -0.15) is 5.10 Å². The first kappa shape index (κ1) is 21.1. The topological polar surface area (TPSA) is 67.1 Å². The van der Waals surface area contributed by atoms with E-state index in [1.54, 1.807) is 0 Å². The number of anilines is 1. The molecule has 1 saturated carbocycles. The average molecular weight is 402 g/mol. The zero-order chi connectivity index (χ0) is 20.6. The summed E-state index contributed by atoms with van der Waals surface area (Å²) in [6.45, 7) is 4.31. The maximum Gasteiger partial charge on any atom is 0.229 e. The van der Waals surface area contributed by atoms with Crippen LogP contribution in [0.5, 0.6) is 0 Å². The van der Waals surface area contributed by atoms with Crippen LogP contribution in [0.4, 0.5) is 14.6 Å². The van der Waals surface area contributed by atoms with Crippen LogP contribution in [0.2, 0.25) is 0 Å². The maximum absolute atomic E-state index is 9.62. The Bertz CT molecular complexity index is 903. The van der Waals surface area contributed by atoms with E-state index in [0.717, 1.165) is 48.1 Å². The van der Waals surface area contributed by atoms with Crippen molar-refractivity contribution in [2.75, 3.05) is 25.3 Å². The lowest BCUT2D eigenvalue weighted by Crippen LogP contribution is -2.22. The van der Waals surface area contributed by atoms with E-state index in [9.17, 15) is 8.78 Å². The molecule has 0 spiro atoms. The van der Waals surface area contributed by atoms with Crippen molar-refractivity contribution in [1.29, 1.82) is 0 Å². The Balaban J connectivity index is 0.000000443. The molecule has 1 atom stereocenters. The Morgan fingerprint density at radius 3 is 2.62 bits per heavy atom. The third-order valence-corrected chi connectivity index (χ3v) is 4.80. The van der Waals surface area contributed by atoms with Crippen LogP contribution < -0.4 is 10.6 Å². The van der Waals surface area contributed by atoms with Gasteiger partial charge in [0.15, 0.2) is 5.65 Å². The molecule has 0 radical (unpaired) electrons. The summed E-state index contributed by atoms with van der Waals surface area (Å²) in [5.74, 6) is 1.54. The van der Waals surface area contributed by atoms with Gasteiger partial charge in [0.1, 0.15) is 11.5 Å². The fraction of sp³-hybridized carbons (Fsp3) is 0.476. The van der Waals surface area contributed by atoms with Crippen molar-refractivity contribution in [3.05, 3.63) is 42.2 Å². The van der Waals surface area contributed by atoms with Crippen LogP contribution in [0, 0.1) is 0 Å². The number of aromatic nitrogens is 4. The number of fused-ring (bicyclic) bond motifs is 1. The second-order valence-electron chi connectivity index (χ2n) is 6.79. The van der Waals surface area contributed by atoms with Gasteiger partial charge in [-0.3, -0.25) is 0 Å². The fourth-order valence-corrected chi connectivity index (χ4v) is 3.30. The molecule has 1 saturated heterocycles. The number of halogens is 2. The van der Waals surface area contributed by atoms with Crippen LogP contribution in [-0.4, -0.2) is 45.6 Å². The van der Waals surface area contributed by atoms with E-state index < -0.39 is 6.93 Å². The fourth-order valence-electron chi connectivity index (χ4n) is 3.30. The van der Waals surface area contributed by atoms with Gasteiger partial charge >= 0.3 is 0 Å². The number of nitrogens with zero attached hydrogens (tertiary/aromatic N) is 4. The molecule has 2 N–H and O–H groups in total. The van der Waals surface area contributed by atoms with Crippen molar-refractivity contribution >= 4 is 11.5 Å². The lowest BCUT2D eigenvalue weighted by Gasteiger charge is -2.12. The number of alkyl halides is 2. The lowest BCUT2D eigenvalue weighted by atomic mass is 10.2. The molecule has 5 rings (SSSR count). The first-order valence-corrected chi connectivity index (χ1v) is 10.2. The van der Waals surface area contributed by atoms with Crippen LogP contribution in [0.1, 0.15) is 44.7 Å². The summed E-state index contributed by atoms with van der Waals surface area (Å²) in [6.07, 6.45) is 5.49. The van der Waals surface area contributed by atoms with Gasteiger partial charge in [0.2, 0.25) is 6.93 Å². The average Bonchev–Trinajstić information content (AvgIpc) is 3.32. The summed E-state index contributed by atoms with van der Waals surface area (Å²) in [4.78, 5) is 9.26. The van der Waals surface area contributed by atoms with E-state index in [1.807, 2.05) is 42.8 Å². The van der Waals surface area contributed by atoms with Crippen molar-refractivity contribution in [3.63, 3.8) is 0 Å². The van der Waals surface area contributed by atoms with Crippen molar-refractivity contribution in [1.82, 2.24) is 24.9 Å². The molecular weight excluding hydrogens is 374 g/mol. The Hall–Kier alpha value is -2.61. The van der Waals surface area contributed by atoms with E-state index in [4.69, 9.17) is 10.1 Å². The summed E-state index contributed by atoms with van der Waals surface area (Å²) in [6, 6.07) is 10.7. The van der Waals surface area contributed by atoms with E-state index >= 15 is 0 Å². The van der Waals surface area contributed by atoms with E-state index in [-0.39, 0.29) is 0 Å². The summed E-state index contributed by atoms with van der Waals surface area (Å²) in [5, 5.41) is 11.7. The van der Waals surface area contributed by atoms with Gasteiger partial charge in [0.25, 0.3) is 0 Å². The van der Waals surface area contributed by atoms with E-state index in [0.29, 0.717) is 12.0 Å². The van der Waals surface area contributed by atoms with Gasteiger partial charge in [-0.15, -0.1) is 0 Å². The van der Waals surface area contributed by atoms with Crippen molar-refractivity contribution < 1.29 is 8.78 Å². The molecule has 0 bridgehead atoms. The summed E-state index contributed by atoms with van der Waals surface area (Å²) >= 11 is 0. The van der Waals surface area contributed by atoms with Crippen LogP contribution >= 0.6 is 0 Å². The molecular formula is C21H28F2N6. The standard InChI is InChI=1S/C18H20N6.C2H6.CH2F2/c1-2-15(22-17(3-1)21-13-8-9-19-10-13)16-11-20-18-7-6-14(12-4-5-12)23-24(16)18;1-2;2-1-3/h1-3,6-7,11-13,19H,4-5,8-10H2,(H,21,22);1-2H3;1H2. The smallest absolute Gasteiger partial charge is 0.229 e. The van der Waals surface area contributed by atoms with Gasteiger partial charge in [0.05, 0.1) is 17.6 Å². The molecule has 3 aromatic rings. The lowest BCUT2D eigenvalue weighted by molar-refractivity contribution is 0.295. The molecule has 0 aromatic carbocycles. The first-order chi connectivity index (χ1) is 14.3. The zero-order valence-corrected chi connectivity index (χ0v) is 16.9. The monoisotopic (exact) mass is 402 g/mol. The number of pyridine rings is 1. The molecule has 4 heterocycles. The molecule has 2 aliphatic rings. The number of hydrogen-bond acceptors (Lipinski definition) is 5. The molecule has 1 aliphatic heterocycles. The maximum atomic E-state index is 9.62. The van der Waals surface area contributed by atoms with Crippen LogP contribution in [0.3, 0.4) is 0 Å². The predicted octanol–water partition coefficient (Wildman–Crippen LogP) is 4.35. The third-order valence-electron chi connectivity index (χ3n) is 4.80. The van der Waals surface area contributed by atoms with Gasteiger partial charge < -0.3 is 10.6 Å². The van der Waals surface area contributed by atoms with Gasteiger partial charge in [0, 0.05) is 18.5 Å². The minimum atomic E-state index is -1.75. The molecule has 1 unspecified atom stereocenters. The van der Waals surface area contributed by atoms with Gasteiger partial charge in [-0.05, 0) is 50.1 Å². The molecule has 8 heteroatoms. The Labute approximate surface area is 169 Å². The molecule has 3 aromatic heterocycles. The van der Waals surface area contributed by atoms with Crippen LogP contribution in [-0.2, 0) is 0 Å². The van der Waals surface area contributed by atoms with Crippen LogP contribution in [0.15, 0.2) is 36.5 Å². The van der Waals surface area contributed by atoms with Crippen molar-refractivity contribution in [2.45, 2.75) is 45.1 Å². The Morgan fingerprint density at radius 1 is 1.14 bits per heavy atom. The minimum Gasteiger partial charge on any atom is -0.366 e. The summed E-state index contributed by atoms with van der Waals surface area (Å²) in [7, 11) is 0. The van der Waals surface area contributed by atoms with Crippen molar-refractivity contribution in [3.8, 4) is 11.4 Å². The predicted molar refractivity (Wildman–Crippen MR) is 112 cm³/mol. The summed E-state index contributed by atoms with van der Waals surface area (Å²) in [5.41, 5.74) is 3.88. The molecule has 2 fully saturated rings. The largest absolute Gasteiger partial charge is 0.366 e. The second-order valence-corrected chi connectivity index (χ2v) is 6.79. The first-order valence-electron chi connectivity index (χ1n) is 10.2. The Kier molecular flexibility index (Phi) is 7.46.